The molecule has 0 radical (unpaired) electrons. The van der Waals surface area contributed by atoms with Crippen LogP contribution in [0.1, 0.15) is 27.2 Å². The predicted molar refractivity (Wildman–Crippen MR) is 43.8 cm³/mol. The normalized spacial score (nSPS) is 5.80. The zero-order chi connectivity index (χ0) is 8.99. The van der Waals surface area contributed by atoms with Gasteiger partial charge in [0.15, 0.2) is 0 Å². The first-order valence-electron chi connectivity index (χ1n) is 3.44. The lowest BCUT2D eigenvalue weighted by Crippen LogP contribution is -2.00. The molecule has 0 spiro atoms. The molecule has 0 aromatic heterocycles. The molecular formula is C6H17BO3. The van der Waals surface area contributed by atoms with Crippen molar-refractivity contribution in [2.75, 3.05) is 0 Å². The molecule has 0 amide bonds. The fraction of sp³-hybridized carbons (Fsp3) is 0.833. The van der Waals surface area contributed by atoms with Gasteiger partial charge in [0.2, 0.25) is 0 Å². The first-order valence-corrected chi connectivity index (χ1v) is 3.44. The SMILES string of the molecule is CB(O)O.CC.CCC=O. The lowest BCUT2D eigenvalue weighted by atomic mass is 9.99. The Balaban J connectivity index is -0.0000000787. The average Bonchev–Trinajstić information content (AvgIpc) is 1.91. The Hall–Kier alpha value is -0.345. The molecular weight excluding hydrogens is 131 g/mol. The van der Waals surface area contributed by atoms with E-state index < -0.39 is 7.12 Å². The number of carbonyl (C=O) groups excluding carboxylic acids is 1. The molecule has 0 aliphatic carbocycles. The third-order valence-corrected chi connectivity index (χ3v) is 0.167. The molecule has 0 atom stereocenters. The summed E-state index contributed by atoms with van der Waals surface area (Å²) in [5, 5.41) is 15.2. The van der Waals surface area contributed by atoms with Gasteiger partial charge in [-0.25, -0.2) is 0 Å². The summed E-state index contributed by atoms with van der Waals surface area (Å²) in [6.07, 6.45) is 1.51. The molecule has 0 aliphatic rings. The van der Waals surface area contributed by atoms with Crippen LogP contribution < -0.4 is 0 Å². The minimum atomic E-state index is -1.17. The van der Waals surface area contributed by atoms with Crippen LogP contribution in [-0.2, 0) is 4.79 Å². The number of carbonyl (C=O) groups is 1. The van der Waals surface area contributed by atoms with Gasteiger partial charge in [-0.3, -0.25) is 0 Å². The van der Waals surface area contributed by atoms with Gasteiger partial charge in [0.1, 0.15) is 6.29 Å². The lowest BCUT2D eigenvalue weighted by Gasteiger charge is -1.71. The molecule has 0 saturated carbocycles. The second-order valence-electron chi connectivity index (χ2n) is 1.21. The van der Waals surface area contributed by atoms with E-state index in [2.05, 4.69) is 0 Å². The fourth-order valence-corrected chi connectivity index (χ4v) is 0. The van der Waals surface area contributed by atoms with Gasteiger partial charge in [0, 0.05) is 6.42 Å². The van der Waals surface area contributed by atoms with Crippen LogP contribution in [0.2, 0.25) is 6.82 Å². The summed E-state index contributed by atoms with van der Waals surface area (Å²) in [6, 6.07) is 0. The van der Waals surface area contributed by atoms with Crippen molar-refractivity contribution in [3.63, 3.8) is 0 Å². The molecule has 0 fully saturated rings. The van der Waals surface area contributed by atoms with E-state index in [0.717, 1.165) is 6.29 Å². The maximum atomic E-state index is 9.17. The van der Waals surface area contributed by atoms with E-state index >= 15 is 0 Å². The highest BCUT2D eigenvalue weighted by Gasteiger charge is 1.86. The largest absolute Gasteiger partial charge is 0.448 e. The topological polar surface area (TPSA) is 57.5 Å². The smallest absolute Gasteiger partial charge is 0.427 e. The van der Waals surface area contributed by atoms with E-state index in [0.29, 0.717) is 6.42 Å². The van der Waals surface area contributed by atoms with E-state index in [9.17, 15) is 4.79 Å². The summed E-state index contributed by atoms with van der Waals surface area (Å²) < 4.78 is 0. The summed E-state index contributed by atoms with van der Waals surface area (Å²) in [4.78, 5) is 9.17. The molecule has 2 N–H and O–H groups in total. The molecule has 0 heterocycles. The number of hydrogen-bond acceptors (Lipinski definition) is 3. The number of aldehydes is 1. The molecule has 0 bridgehead atoms. The van der Waals surface area contributed by atoms with Crippen LogP contribution in [0.3, 0.4) is 0 Å². The van der Waals surface area contributed by atoms with Crippen molar-refractivity contribution in [2.45, 2.75) is 34.0 Å². The number of hydrogen-bond donors (Lipinski definition) is 2. The van der Waals surface area contributed by atoms with E-state index in [1.54, 1.807) is 0 Å². The van der Waals surface area contributed by atoms with Crippen LogP contribution in [0.4, 0.5) is 0 Å². The molecule has 4 heteroatoms. The molecule has 0 aliphatic heterocycles. The van der Waals surface area contributed by atoms with Crippen LogP contribution in [0.15, 0.2) is 0 Å². The van der Waals surface area contributed by atoms with Gasteiger partial charge < -0.3 is 14.8 Å². The predicted octanol–water partition coefficient (Wildman–Crippen LogP) is 0.711. The van der Waals surface area contributed by atoms with Gasteiger partial charge in [-0.15, -0.1) is 0 Å². The third-order valence-electron chi connectivity index (χ3n) is 0.167. The summed E-state index contributed by atoms with van der Waals surface area (Å²) in [5.74, 6) is 0. The minimum absolute atomic E-state index is 0.639. The van der Waals surface area contributed by atoms with Crippen LogP contribution in [0.25, 0.3) is 0 Å². The van der Waals surface area contributed by atoms with Crippen LogP contribution in [0, 0.1) is 0 Å². The molecule has 10 heavy (non-hydrogen) atoms. The summed E-state index contributed by atoms with van der Waals surface area (Å²) in [7, 11) is -1.17. The monoisotopic (exact) mass is 148 g/mol. The van der Waals surface area contributed by atoms with Crippen LogP contribution in [0.5, 0.6) is 0 Å². The van der Waals surface area contributed by atoms with Crippen molar-refractivity contribution in [3.05, 3.63) is 0 Å². The van der Waals surface area contributed by atoms with Gasteiger partial charge in [-0.2, -0.15) is 0 Å². The van der Waals surface area contributed by atoms with Gasteiger partial charge >= 0.3 is 7.12 Å². The Morgan fingerprint density at radius 3 is 1.50 bits per heavy atom. The van der Waals surface area contributed by atoms with Crippen LogP contribution in [-0.4, -0.2) is 23.5 Å². The molecule has 62 valence electrons. The van der Waals surface area contributed by atoms with Crippen molar-refractivity contribution in [3.8, 4) is 0 Å². The quantitative estimate of drug-likeness (QED) is 0.425. The average molecular weight is 148 g/mol. The molecule has 0 saturated heterocycles. The second kappa shape index (κ2) is 23.4. The van der Waals surface area contributed by atoms with Crippen molar-refractivity contribution >= 4 is 13.4 Å². The maximum absolute atomic E-state index is 9.17. The first kappa shape index (κ1) is 16.3. The zero-order valence-electron chi connectivity index (χ0n) is 7.16. The number of rotatable bonds is 1. The second-order valence-corrected chi connectivity index (χ2v) is 1.21. The van der Waals surface area contributed by atoms with Gasteiger partial charge in [-0.05, 0) is 6.82 Å². The molecule has 0 aromatic carbocycles. The van der Waals surface area contributed by atoms with Crippen molar-refractivity contribution in [1.29, 1.82) is 0 Å². The van der Waals surface area contributed by atoms with E-state index in [-0.39, 0.29) is 0 Å². The Kier molecular flexibility index (Phi) is 38.2. The standard InChI is InChI=1S/C3H6O.C2H6.CH5BO2/c1-2-3-4;1-2;1-2(3)4/h3H,2H2,1H3;1-2H3;3-4H,1H3. The first-order chi connectivity index (χ1) is 4.65. The maximum Gasteiger partial charge on any atom is 0.448 e. The van der Waals surface area contributed by atoms with Crippen molar-refractivity contribution in [2.24, 2.45) is 0 Å². The summed E-state index contributed by atoms with van der Waals surface area (Å²) in [6.45, 7) is 7.09. The van der Waals surface area contributed by atoms with Crippen molar-refractivity contribution in [1.82, 2.24) is 0 Å². The third kappa shape index (κ3) is 790. The Morgan fingerprint density at radius 2 is 1.50 bits per heavy atom. The van der Waals surface area contributed by atoms with Gasteiger partial charge in [0.25, 0.3) is 0 Å². The minimum Gasteiger partial charge on any atom is -0.427 e. The van der Waals surface area contributed by atoms with E-state index in [1.165, 1.54) is 6.82 Å². The Morgan fingerprint density at radius 1 is 1.40 bits per heavy atom. The van der Waals surface area contributed by atoms with Gasteiger partial charge in [-0.1, -0.05) is 20.8 Å². The molecule has 0 unspecified atom stereocenters. The van der Waals surface area contributed by atoms with E-state index in [4.69, 9.17) is 10.0 Å². The summed E-state index contributed by atoms with van der Waals surface area (Å²) >= 11 is 0. The highest BCUT2D eigenvalue weighted by atomic mass is 16.4. The lowest BCUT2D eigenvalue weighted by molar-refractivity contribution is -0.107. The Bertz CT molecular complexity index is 45.5. The molecule has 0 aromatic rings. The molecule has 0 rings (SSSR count). The van der Waals surface area contributed by atoms with Crippen molar-refractivity contribution < 1.29 is 14.8 Å². The summed E-state index contributed by atoms with van der Waals surface area (Å²) in [5.41, 5.74) is 0. The Labute approximate surface area is 63.2 Å². The highest BCUT2D eigenvalue weighted by Crippen LogP contribution is 1.53. The van der Waals surface area contributed by atoms with Crippen LogP contribution >= 0.6 is 0 Å². The van der Waals surface area contributed by atoms with E-state index in [1.807, 2.05) is 20.8 Å². The zero-order valence-corrected chi connectivity index (χ0v) is 7.16. The highest BCUT2D eigenvalue weighted by molar-refractivity contribution is 6.38. The molecule has 3 nitrogen and oxygen atoms in total. The fourth-order valence-electron chi connectivity index (χ4n) is 0. The van der Waals surface area contributed by atoms with Gasteiger partial charge in [0.05, 0.1) is 0 Å².